The van der Waals surface area contributed by atoms with Crippen LogP contribution in [0.25, 0.3) is 31.2 Å². The number of fused-ring (bicyclic) bond motifs is 2. The number of hydrogen-bond donors (Lipinski definition) is 9. The maximum absolute atomic E-state index is 15.6. The number of Topliss-reactive ketones (excluding diaryl/α,β-unsaturated/α-hetero) is 1. The van der Waals surface area contributed by atoms with E-state index in [0.717, 1.165) is 41.6 Å². The zero-order valence-corrected chi connectivity index (χ0v) is 64.7. The number of benzene rings is 4. The van der Waals surface area contributed by atoms with Gasteiger partial charge in [-0.15, -0.1) is 11.3 Å². The van der Waals surface area contributed by atoms with Gasteiger partial charge in [-0.1, -0.05) is 104 Å². The molecule has 1 aromatic heterocycles. The van der Waals surface area contributed by atoms with Crippen LogP contribution >= 0.6 is 11.3 Å². The number of anilines is 3. The van der Waals surface area contributed by atoms with E-state index in [1.54, 1.807) is 97.0 Å². The van der Waals surface area contributed by atoms with Crippen LogP contribution in [-0.4, -0.2) is 178 Å². The van der Waals surface area contributed by atoms with Crippen LogP contribution in [-0.2, 0) is 49.6 Å². The van der Waals surface area contributed by atoms with E-state index in [0.29, 0.717) is 65.5 Å². The number of methoxy groups -OCH3 is 1. The first-order valence-corrected chi connectivity index (χ1v) is 38.0. The summed E-state index contributed by atoms with van der Waals surface area (Å²) in [5, 5.41) is 49.9. The first-order chi connectivity index (χ1) is 51.2. The fourth-order valence-corrected chi connectivity index (χ4v) is 15.6. The molecule has 5 heterocycles. The van der Waals surface area contributed by atoms with Gasteiger partial charge in [0.25, 0.3) is 17.7 Å². The lowest BCUT2D eigenvalue weighted by Crippen LogP contribution is -2.54. The number of carbonyl (C=O) groups excluding carboxylic acids is 9. The first kappa shape index (κ1) is 82.4. The standard InChI is InChI=1S/C80H104N10O17S/c1-42(2)40-88-34-36-89(37-35-88)53-38-56(105-41-51-25-27-52(28-26-51)83-77(101)54(22-19-32-82-79(81)103)84-78(102)64(43(3)4)85-58(92)24-15-14-16-33-90-59(93)29-30-60(90)94)65-57(39-53)108-74-66(86-65)61-62-70(97)49(10)73-63(61)75(99)80(12,107-73)31-18-23-55(104-13)46(7)72(106-50(11)91)48(9)69(96)47(8)68(95)44(5)20-17-21-45(6)76(100)87-67(74)71(62)98/h17-18,20-21,23,25-30,38-39,42-44,46-48,54-55,64,68-69,72,95-96,98H,14-16,19,22,24,31-37,40-41H2,1-13H3,(H,83,101)(H,84,102)(H,85,92)(H,87,100)(H3,81,82,103)/b20-17+,23-18+,45-21-/t44-,46+,47+,48+,54-,55-,64-,68-,69+,72+,80+/m0/s1. The summed E-state index contributed by atoms with van der Waals surface area (Å²) in [7, 11) is 1.49. The largest absolute Gasteiger partial charge is 0.505 e. The number of aliphatic hydroxyl groups is 2. The third-order valence-corrected chi connectivity index (χ3v) is 21.9. The Hall–Kier alpha value is -9.61. The van der Waals surface area contributed by atoms with Crippen molar-refractivity contribution >= 4 is 113 Å². The maximum atomic E-state index is 15.6. The van der Waals surface area contributed by atoms with Gasteiger partial charge in [-0.2, -0.15) is 0 Å². The SMILES string of the molecule is CO[C@H]1/C=C/C[C@@]2(C)Oc3c(C)c(=O)c4c(O)c(c5sc6cc(N7CCN(CC(C)C)CC7)cc(OCc7ccc(NC(=O)[C@H](CCCNC(N)=O)NC(=O)[C@@H](NC(=O)CCCCCN8C(=O)C=CC8=O)C(C)C)cc7)c6nc5c4c3C2=O)NC(=O)/C(C)=C\C=C\[C@H](C)[C@H](O)[C@@H](C)[C@@H](O)[C@@H](C)[C@H](OC(C)=O)[C@@H]1C. The van der Waals surface area contributed by atoms with Crippen LogP contribution in [0.5, 0.6) is 17.2 Å². The van der Waals surface area contributed by atoms with Crippen molar-refractivity contribution in [3.8, 4) is 17.2 Å². The van der Waals surface area contributed by atoms with Gasteiger partial charge in [-0.25, -0.2) is 9.78 Å². The minimum atomic E-state index is -1.66. The van der Waals surface area contributed by atoms with E-state index in [2.05, 4.69) is 50.2 Å². The smallest absolute Gasteiger partial charge is 0.312 e. The van der Waals surface area contributed by atoms with Gasteiger partial charge in [-0.3, -0.25) is 53.0 Å². The number of hydrogen-bond acceptors (Lipinski definition) is 21. The number of nitrogens with one attached hydrogen (secondary N) is 5. The van der Waals surface area contributed by atoms with Crippen molar-refractivity contribution < 1.29 is 77.4 Å². The van der Waals surface area contributed by atoms with Crippen molar-refractivity contribution in [2.45, 2.75) is 177 Å². The molecular formula is C80H104N10O17S. The number of nitrogens with zero attached hydrogens (tertiary/aromatic N) is 4. The lowest BCUT2D eigenvalue weighted by Gasteiger charge is -2.38. The number of phenols is 1. The number of primary amides is 1. The summed E-state index contributed by atoms with van der Waals surface area (Å²) in [5.41, 5.74) is 5.21. The molecule has 9 rings (SSSR count). The summed E-state index contributed by atoms with van der Waals surface area (Å²) in [4.78, 5) is 146. The molecule has 0 saturated carbocycles. The average molecular weight is 1510 g/mol. The number of phenolic OH excluding ortho intramolecular Hbond substituents is 1. The minimum absolute atomic E-state index is 0.00973. The molecule has 108 heavy (non-hydrogen) atoms. The van der Waals surface area contributed by atoms with Crippen LogP contribution in [0.2, 0.25) is 0 Å². The van der Waals surface area contributed by atoms with Crippen LogP contribution in [0.1, 0.15) is 143 Å². The molecule has 11 atom stereocenters. The highest BCUT2D eigenvalue weighted by molar-refractivity contribution is 7.25. The highest BCUT2D eigenvalue weighted by atomic mass is 32.1. The Labute approximate surface area is 633 Å². The number of unbranched alkanes of at least 4 members (excludes halogenated alkanes) is 2. The van der Waals surface area contributed by atoms with Crippen LogP contribution in [0.3, 0.4) is 0 Å². The van der Waals surface area contributed by atoms with Gasteiger partial charge in [0.1, 0.15) is 47.5 Å². The van der Waals surface area contributed by atoms with Crippen LogP contribution < -0.4 is 52.1 Å². The Kier molecular flexibility index (Phi) is 27.5. The Morgan fingerprint density at radius 2 is 1.54 bits per heavy atom. The lowest BCUT2D eigenvalue weighted by molar-refractivity contribution is -0.160. The molecule has 4 aromatic carbocycles. The third-order valence-electron chi connectivity index (χ3n) is 20.8. The van der Waals surface area contributed by atoms with Crippen molar-refractivity contribution in [2.24, 2.45) is 41.2 Å². The number of aromatic hydroxyl groups is 1. The highest BCUT2D eigenvalue weighted by Crippen LogP contribution is 2.51. The van der Waals surface area contributed by atoms with E-state index in [-0.39, 0.29) is 106 Å². The summed E-state index contributed by atoms with van der Waals surface area (Å²) < 4.78 is 26.2. The second-order valence-corrected chi connectivity index (χ2v) is 31.0. The quantitative estimate of drug-likeness (QED) is 0.00530. The van der Waals surface area contributed by atoms with Crippen molar-refractivity contribution in [1.29, 1.82) is 0 Å². The molecule has 0 spiro atoms. The van der Waals surface area contributed by atoms with E-state index >= 15 is 9.59 Å². The van der Waals surface area contributed by atoms with Crippen LogP contribution in [0, 0.1) is 42.4 Å². The van der Waals surface area contributed by atoms with Crippen LogP contribution in [0.15, 0.2) is 89.3 Å². The number of piperazine rings is 1. The zero-order chi connectivity index (χ0) is 78.7. The molecule has 4 aliphatic heterocycles. The Balaban J connectivity index is 1.07. The van der Waals surface area contributed by atoms with Gasteiger partial charge >= 0.3 is 12.0 Å². The highest BCUT2D eigenvalue weighted by Gasteiger charge is 2.48. The molecule has 0 aliphatic carbocycles. The number of ether oxygens (including phenoxy) is 4. The number of imide groups is 1. The Morgan fingerprint density at radius 3 is 2.19 bits per heavy atom. The van der Waals surface area contributed by atoms with Gasteiger partial charge in [-0.05, 0) is 82.1 Å². The van der Waals surface area contributed by atoms with Crippen molar-refractivity contribution in [3.63, 3.8) is 0 Å². The molecule has 582 valence electrons. The van der Waals surface area contributed by atoms with Crippen molar-refractivity contribution in [2.75, 3.05) is 68.5 Å². The summed E-state index contributed by atoms with van der Waals surface area (Å²) in [6.07, 6.45) is 8.58. The fourth-order valence-electron chi connectivity index (χ4n) is 14.5. The van der Waals surface area contributed by atoms with Gasteiger partial charge in [0, 0.05) is 142 Å². The van der Waals surface area contributed by atoms with Gasteiger partial charge in [0.15, 0.2) is 16.8 Å². The first-order valence-electron chi connectivity index (χ1n) is 37.1. The fraction of sp³-hybridized carbons (Fsp3) is 0.512. The topological polar surface area (TPSA) is 377 Å². The number of carbonyl (C=O) groups is 9. The number of allylic oxidation sites excluding steroid dienone is 2. The molecule has 27 nitrogen and oxygen atoms in total. The number of aromatic nitrogens is 1. The third kappa shape index (κ3) is 19.3. The Morgan fingerprint density at radius 1 is 0.843 bits per heavy atom. The van der Waals surface area contributed by atoms with E-state index in [1.165, 1.54) is 39.2 Å². The summed E-state index contributed by atoms with van der Waals surface area (Å²) >= 11 is 1.16. The Bertz CT molecular complexity index is 4410. The second kappa shape index (κ2) is 36.1. The number of esters is 1. The molecule has 4 aliphatic rings. The van der Waals surface area contributed by atoms with Crippen molar-refractivity contribution in [3.05, 3.63) is 111 Å². The van der Waals surface area contributed by atoms with E-state index in [9.17, 15) is 53.7 Å². The molecular weight excluding hydrogens is 1400 g/mol. The number of urea groups is 1. The zero-order valence-electron chi connectivity index (χ0n) is 63.9. The normalized spacial score (nSPS) is 24.0. The second-order valence-electron chi connectivity index (χ2n) is 29.9. The van der Waals surface area contributed by atoms with Gasteiger partial charge < -0.3 is 71.5 Å². The molecule has 1 saturated heterocycles. The van der Waals surface area contributed by atoms with Crippen LogP contribution in [0.4, 0.5) is 21.9 Å². The van der Waals surface area contributed by atoms with E-state index < -0.39 is 124 Å². The van der Waals surface area contributed by atoms with Crippen molar-refractivity contribution in [1.82, 2.24) is 30.7 Å². The lowest BCUT2D eigenvalue weighted by atomic mass is 9.78. The number of amides is 8. The molecule has 4 bridgehead atoms. The molecule has 0 radical (unpaired) electrons. The van der Waals surface area contributed by atoms with E-state index in [1.807, 2.05) is 19.1 Å². The summed E-state index contributed by atoms with van der Waals surface area (Å²) in [6, 6.07) is 7.77. The average Bonchev–Trinajstić information content (AvgIpc) is 1.23. The molecule has 5 aromatic rings. The number of aliphatic hydroxyl groups excluding tert-OH is 2. The van der Waals surface area contributed by atoms with Gasteiger partial charge in [0.2, 0.25) is 23.5 Å². The number of nitrogens with two attached hydrogens (primary N) is 1. The van der Waals surface area contributed by atoms with Gasteiger partial charge in [0.05, 0.1) is 44.2 Å². The van der Waals surface area contributed by atoms with E-state index in [4.69, 9.17) is 29.7 Å². The molecule has 8 amide bonds. The maximum Gasteiger partial charge on any atom is 0.312 e. The predicted molar refractivity (Wildman–Crippen MR) is 414 cm³/mol. The summed E-state index contributed by atoms with van der Waals surface area (Å²) in [6.45, 7) is 24.9. The minimum Gasteiger partial charge on any atom is -0.505 e. The molecule has 0 unspecified atom stereocenters. The predicted octanol–water partition coefficient (Wildman–Crippen LogP) is 8.78. The monoisotopic (exact) mass is 1510 g/mol. The molecule has 28 heteroatoms. The molecule has 1 fully saturated rings. The number of rotatable bonds is 24. The molecule has 10 N–H and O–H groups in total. The number of ketones is 1. The summed E-state index contributed by atoms with van der Waals surface area (Å²) in [5.74, 6) is -6.95.